The third kappa shape index (κ3) is 4.00. The van der Waals surface area contributed by atoms with Crippen LogP contribution in [0.5, 0.6) is 0 Å². The van der Waals surface area contributed by atoms with Gasteiger partial charge in [0.05, 0.1) is 5.25 Å². The normalized spacial score (nSPS) is 18.4. The minimum Gasteiger partial charge on any atom is -0.342 e. The molecule has 0 aromatic heterocycles. The predicted octanol–water partition coefficient (Wildman–Crippen LogP) is 3.73. The van der Waals surface area contributed by atoms with E-state index in [9.17, 15) is 4.79 Å². The van der Waals surface area contributed by atoms with Crippen molar-refractivity contribution in [2.45, 2.75) is 43.8 Å². The summed E-state index contributed by atoms with van der Waals surface area (Å²) in [6, 6.07) is 8.40. The summed E-state index contributed by atoms with van der Waals surface area (Å²) in [6.45, 7) is 8.23. The van der Waals surface area contributed by atoms with Crippen molar-refractivity contribution in [2.75, 3.05) is 13.1 Å². The smallest absolute Gasteiger partial charge is 0.235 e. The third-order valence-electron chi connectivity index (χ3n) is 3.78. The lowest BCUT2D eigenvalue weighted by molar-refractivity contribution is -0.131. The van der Waals surface area contributed by atoms with Crippen LogP contribution < -0.4 is 0 Å². The number of thioether (sulfide) groups is 1. The van der Waals surface area contributed by atoms with Crippen LogP contribution in [0.3, 0.4) is 0 Å². The molecule has 104 valence electrons. The van der Waals surface area contributed by atoms with Crippen LogP contribution in [0.25, 0.3) is 0 Å². The molecule has 0 N–H and O–H groups in total. The van der Waals surface area contributed by atoms with Crippen LogP contribution in [0.2, 0.25) is 0 Å². The van der Waals surface area contributed by atoms with Gasteiger partial charge in [-0.25, -0.2) is 0 Å². The van der Waals surface area contributed by atoms with Crippen molar-refractivity contribution in [3.8, 4) is 0 Å². The lowest BCUT2D eigenvalue weighted by Crippen LogP contribution is -2.41. The minimum absolute atomic E-state index is 0.0103. The molecular weight excluding hydrogens is 254 g/mol. The highest BCUT2D eigenvalue weighted by molar-refractivity contribution is 8.00. The molecule has 0 saturated carbocycles. The molecule has 1 heterocycles. The molecule has 2 rings (SSSR count). The molecule has 0 unspecified atom stereocenters. The van der Waals surface area contributed by atoms with Gasteiger partial charge in [-0.15, -0.1) is 11.8 Å². The summed E-state index contributed by atoms with van der Waals surface area (Å²) in [5, 5.41) is 0.0103. The van der Waals surface area contributed by atoms with Gasteiger partial charge in [0.25, 0.3) is 0 Å². The summed E-state index contributed by atoms with van der Waals surface area (Å²) >= 11 is 1.66. The second kappa shape index (κ2) is 6.47. The average molecular weight is 277 g/mol. The zero-order valence-electron chi connectivity index (χ0n) is 12.1. The number of rotatable bonds is 3. The number of piperidine rings is 1. The van der Waals surface area contributed by atoms with Crippen LogP contribution >= 0.6 is 11.8 Å². The number of carbonyl (C=O) groups is 1. The third-order valence-corrected chi connectivity index (χ3v) is 4.88. The van der Waals surface area contributed by atoms with Gasteiger partial charge in [-0.1, -0.05) is 24.6 Å². The molecule has 0 spiro atoms. The van der Waals surface area contributed by atoms with Crippen molar-refractivity contribution in [3.05, 3.63) is 29.8 Å². The Morgan fingerprint density at radius 2 is 1.84 bits per heavy atom. The fraction of sp³-hybridized carbons (Fsp3) is 0.562. The van der Waals surface area contributed by atoms with Crippen LogP contribution in [0.1, 0.15) is 32.3 Å². The van der Waals surface area contributed by atoms with E-state index in [1.54, 1.807) is 11.8 Å². The Labute approximate surface area is 120 Å². The molecular formula is C16H23NOS. The van der Waals surface area contributed by atoms with E-state index >= 15 is 0 Å². The van der Waals surface area contributed by atoms with E-state index < -0.39 is 0 Å². The van der Waals surface area contributed by atoms with E-state index in [1.165, 1.54) is 10.5 Å². The second-order valence-electron chi connectivity index (χ2n) is 5.58. The average Bonchev–Trinajstić information content (AvgIpc) is 2.41. The highest BCUT2D eigenvalue weighted by atomic mass is 32.2. The Bertz CT molecular complexity index is 421. The summed E-state index contributed by atoms with van der Waals surface area (Å²) in [6.07, 6.45) is 2.29. The monoisotopic (exact) mass is 277 g/mol. The highest BCUT2D eigenvalue weighted by Gasteiger charge is 2.24. The van der Waals surface area contributed by atoms with Crippen LogP contribution in [-0.2, 0) is 4.79 Å². The molecule has 1 saturated heterocycles. The van der Waals surface area contributed by atoms with Gasteiger partial charge in [-0.2, -0.15) is 0 Å². The van der Waals surface area contributed by atoms with Crippen LogP contribution in [-0.4, -0.2) is 29.1 Å². The van der Waals surface area contributed by atoms with Gasteiger partial charge in [0, 0.05) is 18.0 Å². The van der Waals surface area contributed by atoms with Gasteiger partial charge in [-0.05, 0) is 44.7 Å². The lowest BCUT2D eigenvalue weighted by Gasteiger charge is -2.32. The van der Waals surface area contributed by atoms with Gasteiger partial charge in [0.1, 0.15) is 0 Å². The van der Waals surface area contributed by atoms with E-state index in [0.29, 0.717) is 0 Å². The number of benzene rings is 1. The molecule has 1 aromatic carbocycles. The molecule has 1 aromatic rings. The van der Waals surface area contributed by atoms with Crippen molar-refractivity contribution < 1.29 is 4.79 Å². The first-order valence-electron chi connectivity index (χ1n) is 7.08. The largest absolute Gasteiger partial charge is 0.342 e. The Morgan fingerprint density at radius 3 is 2.42 bits per heavy atom. The number of hydrogen-bond donors (Lipinski definition) is 0. The first kappa shape index (κ1) is 14.4. The van der Waals surface area contributed by atoms with Crippen molar-refractivity contribution in [2.24, 2.45) is 5.92 Å². The molecule has 3 heteroatoms. The number of aryl methyl sites for hydroxylation is 1. The Morgan fingerprint density at radius 1 is 1.26 bits per heavy atom. The van der Waals surface area contributed by atoms with Gasteiger partial charge in [-0.3, -0.25) is 4.79 Å². The molecule has 0 aliphatic carbocycles. The summed E-state index contributed by atoms with van der Waals surface area (Å²) in [5.74, 6) is 1.06. The topological polar surface area (TPSA) is 20.3 Å². The molecule has 0 bridgehead atoms. The lowest BCUT2D eigenvalue weighted by atomic mass is 9.99. The first-order chi connectivity index (χ1) is 9.06. The molecule has 1 aliphatic rings. The maximum Gasteiger partial charge on any atom is 0.235 e. The van der Waals surface area contributed by atoms with E-state index in [4.69, 9.17) is 0 Å². The quantitative estimate of drug-likeness (QED) is 0.785. The maximum atomic E-state index is 12.4. The Balaban J connectivity index is 1.90. The van der Waals surface area contributed by atoms with Crippen LogP contribution in [0.15, 0.2) is 29.2 Å². The summed E-state index contributed by atoms with van der Waals surface area (Å²) in [4.78, 5) is 15.6. The molecule has 1 amide bonds. The van der Waals surface area contributed by atoms with Crippen molar-refractivity contribution in [1.29, 1.82) is 0 Å². The van der Waals surface area contributed by atoms with Gasteiger partial charge in [0.15, 0.2) is 0 Å². The molecule has 1 atom stereocenters. The molecule has 1 fully saturated rings. The predicted molar refractivity (Wildman–Crippen MR) is 81.5 cm³/mol. The second-order valence-corrected chi connectivity index (χ2v) is 7.00. The Kier molecular flexibility index (Phi) is 4.92. The zero-order chi connectivity index (χ0) is 13.8. The number of nitrogens with zero attached hydrogens (tertiary/aromatic N) is 1. The van der Waals surface area contributed by atoms with Crippen LogP contribution in [0.4, 0.5) is 0 Å². The van der Waals surface area contributed by atoms with E-state index in [0.717, 1.165) is 31.8 Å². The number of likely N-dealkylation sites (tertiary alicyclic amines) is 1. The minimum atomic E-state index is 0.0103. The summed E-state index contributed by atoms with van der Waals surface area (Å²) in [5.41, 5.74) is 1.26. The molecule has 2 nitrogen and oxygen atoms in total. The molecule has 1 aliphatic heterocycles. The SMILES string of the molecule is Cc1ccc(S[C@H](C)C(=O)N2CCC(C)CC2)cc1. The van der Waals surface area contributed by atoms with Gasteiger partial charge >= 0.3 is 0 Å². The zero-order valence-corrected chi connectivity index (χ0v) is 12.9. The summed E-state index contributed by atoms with van der Waals surface area (Å²) < 4.78 is 0. The molecule has 19 heavy (non-hydrogen) atoms. The van der Waals surface area contributed by atoms with Crippen molar-refractivity contribution in [1.82, 2.24) is 4.90 Å². The number of carbonyl (C=O) groups excluding carboxylic acids is 1. The fourth-order valence-corrected chi connectivity index (χ4v) is 3.31. The van der Waals surface area contributed by atoms with E-state index in [1.807, 2.05) is 11.8 Å². The maximum absolute atomic E-state index is 12.4. The number of hydrogen-bond acceptors (Lipinski definition) is 2. The van der Waals surface area contributed by atoms with E-state index in [-0.39, 0.29) is 11.2 Å². The standard InChI is InChI=1S/C16H23NOS/c1-12-4-6-15(7-5-12)19-14(3)16(18)17-10-8-13(2)9-11-17/h4-7,13-14H,8-11H2,1-3H3/t14-/m1/s1. The molecule has 0 radical (unpaired) electrons. The fourth-order valence-electron chi connectivity index (χ4n) is 2.36. The first-order valence-corrected chi connectivity index (χ1v) is 7.96. The van der Waals surface area contributed by atoms with Crippen molar-refractivity contribution >= 4 is 17.7 Å². The van der Waals surface area contributed by atoms with Crippen LogP contribution in [0, 0.1) is 12.8 Å². The van der Waals surface area contributed by atoms with Gasteiger partial charge in [0.2, 0.25) is 5.91 Å². The van der Waals surface area contributed by atoms with Gasteiger partial charge < -0.3 is 4.90 Å². The Hall–Kier alpha value is -0.960. The summed E-state index contributed by atoms with van der Waals surface area (Å²) in [7, 11) is 0. The number of amides is 1. The van der Waals surface area contributed by atoms with E-state index in [2.05, 4.69) is 38.1 Å². The highest BCUT2D eigenvalue weighted by Crippen LogP contribution is 2.26. The van der Waals surface area contributed by atoms with Crippen molar-refractivity contribution in [3.63, 3.8) is 0 Å².